The van der Waals surface area contributed by atoms with Gasteiger partial charge in [-0.05, 0) is 25.8 Å². The maximum atomic E-state index is 13.5. The number of carbonyl (C=O) groups is 3. The Morgan fingerprint density at radius 2 is 1.97 bits per heavy atom. The molecule has 1 unspecified atom stereocenters. The topological polar surface area (TPSA) is 154 Å². The SMILES string of the molecule is CCc1nc2c(c(=O)[nH]1)CCN(C(=O)C(COCc1ccccc1)NC(=O)C(C)(C)NC(=O)O)C2. The molecule has 188 valence electrons. The molecule has 0 saturated heterocycles. The van der Waals surface area contributed by atoms with Crippen LogP contribution in [0.1, 0.15) is 43.4 Å². The number of carbonyl (C=O) groups excluding carboxylic acids is 2. The van der Waals surface area contributed by atoms with E-state index in [2.05, 4.69) is 20.6 Å². The molecule has 0 bridgehead atoms. The molecule has 0 fully saturated rings. The van der Waals surface area contributed by atoms with Crippen LogP contribution in [0.3, 0.4) is 0 Å². The number of fused-ring (bicyclic) bond motifs is 1. The summed E-state index contributed by atoms with van der Waals surface area (Å²) in [5.74, 6) is -0.522. The summed E-state index contributed by atoms with van der Waals surface area (Å²) in [5, 5.41) is 13.8. The Kier molecular flexibility index (Phi) is 8.23. The Balaban J connectivity index is 1.77. The fraction of sp³-hybridized carbons (Fsp3) is 0.458. The van der Waals surface area contributed by atoms with Crippen LogP contribution in [-0.4, -0.2) is 62.6 Å². The van der Waals surface area contributed by atoms with Crippen molar-refractivity contribution in [2.75, 3.05) is 13.2 Å². The first-order valence-electron chi connectivity index (χ1n) is 11.4. The summed E-state index contributed by atoms with van der Waals surface area (Å²) in [4.78, 5) is 58.5. The van der Waals surface area contributed by atoms with Crippen LogP contribution in [0.25, 0.3) is 0 Å². The van der Waals surface area contributed by atoms with Gasteiger partial charge in [0.15, 0.2) is 0 Å². The molecule has 1 aromatic heterocycles. The number of hydrogen-bond donors (Lipinski definition) is 4. The van der Waals surface area contributed by atoms with E-state index >= 15 is 0 Å². The molecule has 2 heterocycles. The molecule has 1 aromatic carbocycles. The van der Waals surface area contributed by atoms with Gasteiger partial charge in [-0.25, -0.2) is 9.78 Å². The molecule has 3 rings (SSSR count). The van der Waals surface area contributed by atoms with Gasteiger partial charge < -0.3 is 30.4 Å². The summed E-state index contributed by atoms with van der Waals surface area (Å²) >= 11 is 0. The molecular weight excluding hydrogens is 454 g/mol. The van der Waals surface area contributed by atoms with Crippen LogP contribution in [0.15, 0.2) is 35.1 Å². The molecule has 35 heavy (non-hydrogen) atoms. The van der Waals surface area contributed by atoms with E-state index in [4.69, 9.17) is 9.84 Å². The third kappa shape index (κ3) is 6.66. The Bertz CT molecular complexity index is 1130. The van der Waals surface area contributed by atoms with E-state index in [-0.39, 0.29) is 31.9 Å². The molecule has 0 spiro atoms. The van der Waals surface area contributed by atoms with E-state index in [0.29, 0.717) is 29.9 Å². The molecule has 1 aliphatic rings. The van der Waals surface area contributed by atoms with E-state index in [0.717, 1.165) is 5.56 Å². The molecular formula is C24H31N5O6. The normalized spacial score (nSPS) is 14.1. The molecule has 11 nitrogen and oxygen atoms in total. The maximum Gasteiger partial charge on any atom is 0.405 e. The van der Waals surface area contributed by atoms with Crippen molar-refractivity contribution in [3.05, 3.63) is 63.3 Å². The fourth-order valence-electron chi connectivity index (χ4n) is 3.77. The molecule has 2 aromatic rings. The summed E-state index contributed by atoms with van der Waals surface area (Å²) in [7, 11) is 0. The second-order valence-corrected chi connectivity index (χ2v) is 8.88. The number of benzene rings is 1. The first kappa shape index (κ1) is 25.9. The van der Waals surface area contributed by atoms with Crippen LogP contribution in [0.5, 0.6) is 0 Å². The molecule has 0 saturated carbocycles. The zero-order valence-electron chi connectivity index (χ0n) is 20.1. The Morgan fingerprint density at radius 1 is 1.26 bits per heavy atom. The third-order valence-corrected chi connectivity index (χ3v) is 5.76. The number of H-pyrrole nitrogens is 1. The van der Waals surface area contributed by atoms with Gasteiger partial charge in [0, 0.05) is 18.5 Å². The van der Waals surface area contributed by atoms with Gasteiger partial charge in [-0.2, -0.15) is 0 Å². The summed E-state index contributed by atoms with van der Waals surface area (Å²) in [5.41, 5.74) is 0.326. The van der Waals surface area contributed by atoms with Gasteiger partial charge in [0.2, 0.25) is 11.8 Å². The number of nitrogens with one attached hydrogen (secondary N) is 3. The van der Waals surface area contributed by atoms with Crippen LogP contribution in [-0.2, 0) is 40.3 Å². The number of aromatic nitrogens is 2. The highest BCUT2D eigenvalue weighted by atomic mass is 16.5. The van der Waals surface area contributed by atoms with Gasteiger partial charge in [-0.3, -0.25) is 14.4 Å². The van der Waals surface area contributed by atoms with Crippen molar-refractivity contribution in [3.63, 3.8) is 0 Å². The first-order chi connectivity index (χ1) is 16.6. The number of rotatable bonds is 9. The number of amides is 3. The molecule has 1 aliphatic heterocycles. The zero-order valence-corrected chi connectivity index (χ0v) is 20.1. The third-order valence-electron chi connectivity index (χ3n) is 5.76. The van der Waals surface area contributed by atoms with Crippen molar-refractivity contribution >= 4 is 17.9 Å². The standard InChI is InChI=1S/C24H31N5O6/c1-4-19-25-17-12-29(11-10-16(17)20(30)27-19)21(31)18(14-35-13-15-8-6-5-7-9-15)26-22(32)24(2,3)28-23(33)34/h5-9,18,28H,4,10-14H2,1-3H3,(H,26,32)(H,33,34)(H,25,27,30). The van der Waals surface area contributed by atoms with Crippen LogP contribution >= 0.6 is 0 Å². The van der Waals surface area contributed by atoms with Crippen molar-refractivity contribution in [1.82, 2.24) is 25.5 Å². The van der Waals surface area contributed by atoms with Gasteiger partial charge >= 0.3 is 6.09 Å². The lowest BCUT2D eigenvalue weighted by atomic mass is 10.0. The van der Waals surface area contributed by atoms with Crippen LogP contribution < -0.4 is 16.2 Å². The van der Waals surface area contributed by atoms with Crippen molar-refractivity contribution < 1.29 is 24.2 Å². The second-order valence-electron chi connectivity index (χ2n) is 8.88. The molecule has 1 atom stereocenters. The smallest absolute Gasteiger partial charge is 0.405 e. The summed E-state index contributed by atoms with van der Waals surface area (Å²) in [6.45, 7) is 5.21. The minimum absolute atomic E-state index is 0.116. The summed E-state index contributed by atoms with van der Waals surface area (Å²) in [6.07, 6.45) is -0.469. The molecule has 3 amide bonds. The average Bonchev–Trinajstić information content (AvgIpc) is 2.82. The van der Waals surface area contributed by atoms with Gasteiger partial charge in [0.1, 0.15) is 17.4 Å². The van der Waals surface area contributed by atoms with E-state index in [1.165, 1.54) is 18.7 Å². The average molecular weight is 486 g/mol. The molecule has 0 aliphatic carbocycles. The predicted octanol–water partition coefficient (Wildman–Crippen LogP) is 0.965. The van der Waals surface area contributed by atoms with E-state index in [9.17, 15) is 19.2 Å². The Morgan fingerprint density at radius 3 is 2.63 bits per heavy atom. The summed E-state index contributed by atoms with van der Waals surface area (Å²) < 4.78 is 5.74. The highest BCUT2D eigenvalue weighted by Crippen LogP contribution is 2.16. The van der Waals surface area contributed by atoms with Crippen molar-refractivity contribution in [1.29, 1.82) is 0 Å². The van der Waals surface area contributed by atoms with Crippen molar-refractivity contribution in [3.8, 4) is 0 Å². The second kappa shape index (κ2) is 11.1. The molecule has 11 heteroatoms. The quantitative estimate of drug-likeness (QED) is 0.413. The Labute approximate surface area is 202 Å². The van der Waals surface area contributed by atoms with E-state index in [1.807, 2.05) is 37.3 Å². The molecule has 4 N–H and O–H groups in total. The van der Waals surface area contributed by atoms with E-state index in [1.54, 1.807) is 0 Å². The lowest BCUT2D eigenvalue weighted by Gasteiger charge is -2.33. The van der Waals surface area contributed by atoms with Crippen LogP contribution in [0.2, 0.25) is 0 Å². The first-order valence-corrected chi connectivity index (χ1v) is 11.4. The van der Waals surface area contributed by atoms with Crippen LogP contribution in [0, 0.1) is 0 Å². The van der Waals surface area contributed by atoms with Crippen molar-refractivity contribution in [2.45, 2.75) is 58.3 Å². The lowest BCUT2D eigenvalue weighted by molar-refractivity contribution is -0.140. The Hall–Kier alpha value is -3.73. The predicted molar refractivity (Wildman–Crippen MR) is 127 cm³/mol. The highest BCUT2D eigenvalue weighted by molar-refractivity contribution is 5.93. The van der Waals surface area contributed by atoms with Gasteiger partial charge in [0.05, 0.1) is 25.5 Å². The number of aromatic amines is 1. The van der Waals surface area contributed by atoms with Crippen molar-refractivity contribution in [2.24, 2.45) is 0 Å². The fourth-order valence-corrected chi connectivity index (χ4v) is 3.77. The van der Waals surface area contributed by atoms with Gasteiger partial charge in [-0.1, -0.05) is 37.3 Å². The zero-order chi connectivity index (χ0) is 25.6. The number of aryl methyl sites for hydroxylation is 1. The molecule has 0 radical (unpaired) electrons. The number of carboxylic acid groups (broad SMARTS) is 1. The number of nitrogens with zero attached hydrogens (tertiary/aromatic N) is 2. The van der Waals surface area contributed by atoms with Gasteiger partial charge in [0.25, 0.3) is 5.56 Å². The van der Waals surface area contributed by atoms with Gasteiger partial charge in [-0.15, -0.1) is 0 Å². The minimum atomic E-state index is -1.47. The number of ether oxygens (including phenoxy) is 1. The monoisotopic (exact) mass is 485 g/mol. The largest absolute Gasteiger partial charge is 0.465 e. The van der Waals surface area contributed by atoms with E-state index < -0.39 is 29.5 Å². The highest BCUT2D eigenvalue weighted by Gasteiger charge is 2.35. The lowest BCUT2D eigenvalue weighted by Crippen LogP contribution is -2.60. The van der Waals surface area contributed by atoms with Crippen LogP contribution in [0.4, 0.5) is 4.79 Å². The summed E-state index contributed by atoms with van der Waals surface area (Å²) in [6, 6.07) is 8.32. The minimum Gasteiger partial charge on any atom is -0.465 e. The maximum absolute atomic E-state index is 13.5. The number of hydrogen-bond acceptors (Lipinski definition) is 6.